The molecule has 1 rings (SSSR count). The predicted molar refractivity (Wildman–Crippen MR) is 79.1 cm³/mol. The fourth-order valence-electron chi connectivity index (χ4n) is 1.53. The minimum absolute atomic E-state index is 0.0373. The quantitative estimate of drug-likeness (QED) is 0.689. The van der Waals surface area contributed by atoms with E-state index in [1.165, 1.54) is 11.4 Å². The van der Waals surface area contributed by atoms with Crippen LogP contribution in [0.1, 0.15) is 13.3 Å². The van der Waals surface area contributed by atoms with Crippen molar-refractivity contribution in [3.05, 3.63) is 24.3 Å². The Labute approximate surface area is 120 Å². The minimum Gasteiger partial charge on any atom is -0.490 e. The van der Waals surface area contributed by atoms with E-state index in [-0.39, 0.29) is 18.9 Å². The number of para-hydroxylation sites is 2. The fraction of sp³-hybridized carbons (Fsp3) is 0.538. The van der Waals surface area contributed by atoms with Gasteiger partial charge in [-0.3, -0.25) is 0 Å². The third-order valence-electron chi connectivity index (χ3n) is 2.85. The monoisotopic (exact) mass is 302 g/mol. The van der Waals surface area contributed by atoms with Gasteiger partial charge in [-0.1, -0.05) is 12.1 Å². The van der Waals surface area contributed by atoms with Crippen molar-refractivity contribution in [2.24, 2.45) is 0 Å². The summed E-state index contributed by atoms with van der Waals surface area (Å²) >= 11 is 0. The largest absolute Gasteiger partial charge is 0.490 e. The standard InChI is InChI=1S/C13H22N2O4S/c1-11(16)7-8-15(2)20(17,18)10-9-19-13-6-4-3-5-12(13)14/h3-6,11,16H,7-10,14H2,1-2H3. The second-order valence-electron chi connectivity index (χ2n) is 4.66. The normalized spacial score (nSPS) is 13.4. The summed E-state index contributed by atoms with van der Waals surface area (Å²) in [5.74, 6) is 0.354. The second kappa shape index (κ2) is 7.47. The van der Waals surface area contributed by atoms with Gasteiger partial charge in [-0.15, -0.1) is 0 Å². The number of rotatable bonds is 8. The molecule has 20 heavy (non-hydrogen) atoms. The van der Waals surface area contributed by atoms with E-state index >= 15 is 0 Å². The highest BCUT2D eigenvalue weighted by Gasteiger charge is 2.18. The molecular formula is C13H22N2O4S. The van der Waals surface area contributed by atoms with E-state index in [0.29, 0.717) is 17.9 Å². The van der Waals surface area contributed by atoms with Crippen LogP contribution in [0.15, 0.2) is 24.3 Å². The first-order valence-corrected chi connectivity index (χ1v) is 8.03. The zero-order valence-corrected chi connectivity index (χ0v) is 12.6. The Morgan fingerprint density at radius 1 is 1.40 bits per heavy atom. The van der Waals surface area contributed by atoms with Crippen LogP contribution in [0.25, 0.3) is 0 Å². The van der Waals surface area contributed by atoms with Gasteiger partial charge >= 0.3 is 0 Å². The Morgan fingerprint density at radius 3 is 2.65 bits per heavy atom. The number of ether oxygens (including phenoxy) is 1. The first kappa shape index (κ1) is 16.7. The van der Waals surface area contributed by atoms with Gasteiger partial charge in [-0.25, -0.2) is 12.7 Å². The van der Waals surface area contributed by atoms with E-state index in [1.54, 1.807) is 31.2 Å². The van der Waals surface area contributed by atoms with Crippen LogP contribution in [0, 0.1) is 0 Å². The number of sulfonamides is 1. The summed E-state index contributed by atoms with van der Waals surface area (Å²) in [6.07, 6.45) is -0.115. The maximum atomic E-state index is 12.0. The number of nitrogens with zero attached hydrogens (tertiary/aromatic N) is 1. The third-order valence-corrected chi connectivity index (χ3v) is 4.67. The Hall–Kier alpha value is -1.31. The summed E-state index contributed by atoms with van der Waals surface area (Å²) in [6.45, 7) is 1.95. The number of nitrogen functional groups attached to an aromatic ring is 1. The van der Waals surface area contributed by atoms with Crippen LogP contribution in [0.2, 0.25) is 0 Å². The van der Waals surface area contributed by atoms with Gasteiger partial charge in [0.05, 0.1) is 17.5 Å². The molecule has 0 aliphatic heterocycles. The fourth-order valence-corrected chi connectivity index (χ4v) is 2.52. The molecule has 0 radical (unpaired) electrons. The number of nitrogens with two attached hydrogens (primary N) is 1. The lowest BCUT2D eigenvalue weighted by atomic mass is 10.3. The molecule has 0 fully saturated rings. The van der Waals surface area contributed by atoms with Gasteiger partial charge in [-0.05, 0) is 25.5 Å². The van der Waals surface area contributed by atoms with Crippen molar-refractivity contribution >= 4 is 15.7 Å². The highest BCUT2D eigenvalue weighted by Crippen LogP contribution is 2.19. The number of hydrogen-bond acceptors (Lipinski definition) is 5. The molecule has 1 atom stereocenters. The molecule has 0 amide bonds. The molecule has 0 aromatic heterocycles. The average Bonchev–Trinajstić information content (AvgIpc) is 2.38. The summed E-state index contributed by atoms with van der Waals surface area (Å²) < 4.78 is 30.5. The summed E-state index contributed by atoms with van der Waals surface area (Å²) in [5.41, 5.74) is 6.18. The van der Waals surface area contributed by atoms with Gasteiger partial charge in [0.2, 0.25) is 10.0 Å². The van der Waals surface area contributed by atoms with Gasteiger partial charge in [0.1, 0.15) is 12.4 Å². The van der Waals surface area contributed by atoms with E-state index < -0.39 is 16.1 Å². The molecule has 1 aromatic rings. The smallest absolute Gasteiger partial charge is 0.217 e. The maximum Gasteiger partial charge on any atom is 0.217 e. The zero-order valence-electron chi connectivity index (χ0n) is 11.8. The van der Waals surface area contributed by atoms with Crippen LogP contribution in [-0.2, 0) is 10.0 Å². The third kappa shape index (κ3) is 5.36. The van der Waals surface area contributed by atoms with Crippen molar-refractivity contribution in [1.29, 1.82) is 0 Å². The topological polar surface area (TPSA) is 92.9 Å². The molecule has 6 nitrogen and oxygen atoms in total. The van der Waals surface area contributed by atoms with E-state index in [2.05, 4.69) is 0 Å². The van der Waals surface area contributed by atoms with E-state index in [0.717, 1.165) is 0 Å². The lowest BCUT2D eigenvalue weighted by Gasteiger charge is -2.18. The molecule has 0 saturated heterocycles. The molecule has 0 heterocycles. The van der Waals surface area contributed by atoms with Crippen LogP contribution in [0.5, 0.6) is 5.75 Å². The van der Waals surface area contributed by atoms with Gasteiger partial charge in [0, 0.05) is 13.6 Å². The van der Waals surface area contributed by atoms with E-state index in [9.17, 15) is 8.42 Å². The van der Waals surface area contributed by atoms with E-state index in [1.807, 2.05) is 0 Å². The first-order valence-electron chi connectivity index (χ1n) is 6.42. The highest BCUT2D eigenvalue weighted by atomic mass is 32.2. The van der Waals surface area contributed by atoms with Crippen molar-refractivity contribution < 1.29 is 18.3 Å². The Bertz CT molecular complexity index is 517. The lowest BCUT2D eigenvalue weighted by Crippen LogP contribution is -2.33. The molecule has 1 aromatic carbocycles. The number of aliphatic hydroxyl groups is 1. The first-order chi connectivity index (χ1) is 9.33. The SMILES string of the molecule is CC(O)CCN(C)S(=O)(=O)CCOc1ccccc1N. The molecule has 114 valence electrons. The molecule has 0 saturated carbocycles. The highest BCUT2D eigenvalue weighted by molar-refractivity contribution is 7.89. The Morgan fingerprint density at radius 2 is 2.05 bits per heavy atom. The second-order valence-corrected chi connectivity index (χ2v) is 6.86. The van der Waals surface area contributed by atoms with Crippen molar-refractivity contribution in [2.75, 3.05) is 31.7 Å². The Kier molecular flexibility index (Phi) is 6.25. The minimum atomic E-state index is -3.38. The van der Waals surface area contributed by atoms with Crippen molar-refractivity contribution in [2.45, 2.75) is 19.4 Å². The van der Waals surface area contributed by atoms with Crippen molar-refractivity contribution in [3.63, 3.8) is 0 Å². The van der Waals surface area contributed by atoms with Gasteiger partial charge in [0.25, 0.3) is 0 Å². The van der Waals surface area contributed by atoms with Crippen LogP contribution in [0.3, 0.4) is 0 Å². The molecule has 0 bridgehead atoms. The maximum absolute atomic E-state index is 12.0. The predicted octanol–water partition coefficient (Wildman–Crippen LogP) is 0.680. The summed E-state index contributed by atoms with van der Waals surface area (Å²) in [5, 5.41) is 9.16. The number of benzene rings is 1. The van der Waals surface area contributed by atoms with Crippen LogP contribution < -0.4 is 10.5 Å². The number of aliphatic hydroxyl groups excluding tert-OH is 1. The molecule has 0 aliphatic carbocycles. The lowest BCUT2D eigenvalue weighted by molar-refractivity contribution is 0.177. The summed E-state index contributed by atoms with van der Waals surface area (Å²) in [6, 6.07) is 6.94. The number of hydrogen-bond donors (Lipinski definition) is 2. The Balaban J connectivity index is 2.45. The summed E-state index contributed by atoms with van der Waals surface area (Å²) in [7, 11) is -1.89. The van der Waals surface area contributed by atoms with Gasteiger partial charge in [0.15, 0.2) is 0 Å². The average molecular weight is 302 g/mol. The molecule has 0 aliphatic rings. The molecule has 1 unspecified atom stereocenters. The molecule has 0 spiro atoms. The molecule has 7 heteroatoms. The summed E-state index contributed by atoms with van der Waals surface area (Å²) in [4.78, 5) is 0. The van der Waals surface area contributed by atoms with Crippen LogP contribution in [0.4, 0.5) is 5.69 Å². The van der Waals surface area contributed by atoms with Crippen molar-refractivity contribution in [3.8, 4) is 5.75 Å². The van der Waals surface area contributed by atoms with Gasteiger partial charge < -0.3 is 15.6 Å². The van der Waals surface area contributed by atoms with Crippen molar-refractivity contribution in [1.82, 2.24) is 4.31 Å². The van der Waals surface area contributed by atoms with Gasteiger partial charge in [-0.2, -0.15) is 0 Å². The van der Waals surface area contributed by atoms with Crippen LogP contribution >= 0.6 is 0 Å². The van der Waals surface area contributed by atoms with E-state index in [4.69, 9.17) is 15.6 Å². The molecule has 3 N–H and O–H groups in total. The van der Waals surface area contributed by atoms with Crippen LogP contribution in [-0.4, -0.2) is 49.9 Å². The molecular weight excluding hydrogens is 280 g/mol. The number of anilines is 1. The zero-order chi connectivity index (χ0) is 15.2.